The lowest BCUT2D eigenvalue weighted by molar-refractivity contribution is -0.0111. The Morgan fingerprint density at radius 2 is 1.72 bits per heavy atom. The lowest BCUT2D eigenvalue weighted by Crippen LogP contribution is -2.61. The Balaban J connectivity index is 1.37. The number of hydrogen-bond acceptors (Lipinski definition) is 8. The van der Waals surface area contributed by atoms with Gasteiger partial charge < -0.3 is 19.1 Å². The van der Waals surface area contributed by atoms with Crippen LogP contribution in [0, 0.1) is 5.41 Å². The molecule has 1 spiro atoms. The second-order valence-electron chi connectivity index (χ2n) is 11.5. The molecule has 2 aliphatic heterocycles. The first-order valence-corrected chi connectivity index (χ1v) is 14.5. The van der Waals surface area contributed by atoms with Crippen LogP contribution in [-0.2, 0) is 11.3 Å². The molecule has 1 saturated carbocycles. The van der Waals surface area contributed by atoms with E-state index < -0.39 is 5.60 Å². The number of fused-ring (bicyclic) bond motifs is 1. The third-order valence-corrected chi connectivity index (χ3v) is 8.38. The quantitative estimate of drug-likeness (QED) is 0.360. The number of thioether (sulfide) groups is 1. The summed E-state index contributed by atoms with van der Waals surface area (Å²) in [5, 5.41) is 0.641. The van der Waals surface area contributed by atoms with Crippen molar-refractivity contribution in [3.63, 3.8) is 0 Å². The molecule has 1 aromatic carbocycles. The Bertz CT molecular complexity index is 1230. The van der Waals surface area contributed by atoms with Gasteiger partial charge in [0.15, 0.2) is 5.16 Å². The summed E-state index contributed by atoms with van der Waals surface area (Å²) in [4.78, 5) is 41.3. The molecule has 210 valence electrons. The first-order chi connectivity index (χ1) is 18.5. The summed E-state index contributed by atoms with van der Waals surface area (Å²) in [5.74, 6) is 1.92. The molecule has 1 aliphatic carbocycles. The molecular weight excluding hydrogens is 518 g/mol. The minimum Gasteiger partial charge on any atom is -0.497 e. The molecule has 3 amide bonds. The highest BCUT2D eigenvalue weighted by molar-refractivity contribution is 7.98. The molecule has 10 nitrogen and oxygen atoms in total. The lowest BCUT2D eigenvalue weighted by Gasteiger charge is -2.55. The standard InChI is InChI=1S/C28H37N5O5S/c1-27(2,3)38-26(35)31-9-7-28(8-10-31)14-20(15-28)33-23-18(16-29-24(30-23)39-6)17-32(25(33)34)19-11-21(36-4)13-22(12-19)37-5/h11-13,16,20H,7-10,14-15,17H2,1-6H3. The van der Waals surface area contributed by atoms with Crippen LogP contribution in [0.2, 0.25) is 0 Å². The van der Waals surface area contributed by atoms with Crippen molar-refractivity contribution in [3.05, 3.63) is 30.0 Å². The number of amides is 3. The van der Waals surface area contributed by atoms with Crippen molar-refractivity contribution in [1.29, 1.82) is 0 Å². The van der Waals surface area contributed by atoms with E-state index in [1.807, 2.05) is 50.3 Å². The van der Waals surface area contributed by atoms with Crippen LogP contribution in [0.25, 0.3) is 0 Å². The van der Waals surface area contributed by atoms with Crippen molar-refractivity contribution in [2.75, 3.05) is 43.4 Å². The highest BCUT2D eigenvalue weighted by Crippen LogP contribution is 2.53. The van der Waals surface area contributed by atoms with Gasteiger partial charge in [0.2, 0.25) is 0 Å². The first-order valence-electron chi connectivity index (χ1n) is 13.3. The maximum Gasteiger partial charge on any atom is 0.410 e. The van der Waals surface area contributed by atoms with Crippen LogP contribution >= 0.6 is 11.8 Å². The molecule has 2 aromatic rings. The van der Waals surface area contributed by atoms with E-state index in [1.165, 1.54) is 11.8 Å². The molecule has 39 heavy (non-hydrogen) atoms. The van der Waals surface area contributed by atoms with Crippen molar-refractivity contribution in [3.8, 4) is 11.5 Å². The molecular formula is C28H37N5O5S. The summed E-state index contributed by atoms with van der Waals surface area (Å²) in [7, 11) is 3.19. The van der Waals surface area contributed by atoms with Crippen molar-refractivity contribution in [2.24, 2.45) is 5.41 Å². The molecule has 3 aliphatic rings. The SMILES string of the molecule is COc1cc(OC)cc(N2Cc3cnc(SC)nc3N(C3CC4(CCN(C(=O)OC(C)(C)C)CC4)C3)C2=O)c1. The van der Waals surface area contributed by atoms with Crippen molar-refractivity contribution in [1.82, 2.24) is 14.9 Å². The number of aromatic nitrogens is 2. The van der Waals surface area contributed by atoms with E-state index in [9.17, 15) is 9.59 Å². The third-order valence-electron chi connectivity index (χ3n) is 7.82. The maximum atomic E-state index is 14.1. The van der Waals surface area contributed by atoms with Gasteiger partial charge in [-0.1, -0.05) is 11.8 Å². The molecule has 0 N–H and O–H groups in total. The van der Waals surface area contributed by atoms with Crippen molar-refractivity contribution in [2.45, 2.75) is 69.8 Å². The van der Waals surface area contributed by atoms with Crippen LogP contribution in [0.5, 0.6) is 11.5 Å². The van der Waals surface area contributed by atoms with Gasteiger partial charge in [0.1, 0.15) is 22.9 Å². The Labute approximate surface area is 234 Å². The molecule has 5 rings (SSSR count). The summed E-state index contributed by atoms with van der Waals surface area (Å²) in [5.41, 5.74) is 1.20. The molecule has 0 radical (unpaired) electrons. The molecule has 1 aromatic heterocycles. The van der Waals surface area contributed by atoms with Gasteiger partial charge in [0.25, 0.3) is 0 Å². The first kappa shape index (κ1) is 27.4. The van der Waals surface area contributed by atoms with Crippen LogP contribution in [0.1, 0.15) is 52.0 Å². The number of ether oxygens (including phenoxy) is 3. The van der Waals surface area contributed by atoms with Gasteiger partial charge in [0, 0.05) is 49.1 Å². The van der Waals surface area contributed by atoms with Gasteiger partial charge in [-0.15, -0.1) is 0 Å². The largest absolute Gasteiger partial charge is 0.497 e. The summed E-state index contributed by atoms with van der Waals surface area (Å²) in [6.07, 6.45) is 7.04. The van der Waals surface area contributed by atoms with E-state index in [0.29, 0.717) is 47.8 Å². The van der Waals surface area contributed by atoms with Gasteiger partial charge in [-0.25, -0.2) is 19.6 Å². The van der Waals surface area contributed by atoms with Crippen molar-refractivity contribution >= 4 is 35.4 Å². The van der Waals surface area contributed by atoms with E-state index in [4.69, 9.17) is 19.2 Å². The maximum absolute atomic E-state index is 14.1. The van der Waals surface area contributed by atoms with Gasteiger partial charge in [0.05, 0.1) is 26.5 Å². The Hall–Kier alpha value is -3.21. The van der Waals surface area contributed by atoms with E-state index in [2.05, 4.69) is 4.98 Å². The number of carbonyl (C=O) groups excluding carboxylic acids is 2. The highest BCUT2D eigenvalue weighted by atomic mass is 32.2. The van der Waals surface area contributed by atoms with Crippen molar-refractivity contribution < 1.29 is 23.8 Å². The number of anilines is 2. The summed E-state index contributed by atoms with van der Waals surface area (Å²) in [6, 6.07) is 5.38. The van der Waals surface area contributed by atoms with Gasteiger partial charge in [-0.05, 0) is 58.1 Å². The topological polar surface area (TPSA) is 97.3 Å². The minimum absolute atomic E-state index is 0.0178. The zero-order chi connectivity index (χ0) is 27.9. The second kappa shape index (κ2) is 10.4. The van der Waals surface area contributed by atoms with E-state index in [0.717, 1.165) is 31.2 Å². The number of methoxy groups -OCH3 is 2. The molecule has 0 bridgehead atoms. The number of rotatable bonds is 5. The number of carbonyl (C=O) groups is 2. The fraction of sp³-hybridized carbons (Fsp3) is 0.571. The predicted molar refractivity (Wildman–Crippen MR) is 150 cm³/mol. The van der Waals surface area contributed by atoms with Crippen LogP contribution in [0.4, 0.5) is 21.1 Å². The fourth-order valence-electron chi connectivity index (χ4n) is 5.76. The third kappa shape index (κ3) is 5.46. The number of nitrogens with zero attached hydrogens (tertiary/aromatic N) is 5. The fourth-order valence-corrected chi connectivity index (χ4v) is 6.10. The van der Waals surface area contributed by atoms with Gasteiger partial charge in [-0.2, -0.15) is 0 Å². The Morgan fingerprint density at radius 1 is 1.08 bits per heavy atom. The minimum atomic E-state index is -0.508. The average Bonchev–Trinajstić information content (AvgIpc) is 2.90. The van der Waals surface area contributed by atoms with Crippen LogP contribution in [-0.4, -0.2) is 72.2 Å². The highest BCUT2D eigenvalue weighted by Gasteiger charge is 2.52. The summed E-state index contributed by atoms with van der Waals surface area (Å²) >= 11 is 1.46. The molecule has 1 saturated heterocycles. The zero-order valence-corrected chi connectivity index (χ0v) is 24.3. The van der Waals surface area contributed by atoms with Gasteiger partial charge >= 0.3 is 12.1 Å². The monoisotopic (exact) mass is 555 g/mol. The normalized spacial score (nSPS) is 19.0. The number of likely N-dealkylation sites (tertiary alicyclic amines) is 1. The van der Waals surface area contributed by atoms with E-state index >= 15 is 0 Å². The predicted octanol–water partition coefficient (Wildman–Crippen LogP) is 5.34. The number of hydrogen-bond donors (Lipinski definition) is 0. The zero-order valence-electron chi connectivity index (χ0n) is 23.5. The van der Waals surface area contributed by atoms with Gasteiger partial charge in [-0.3, -0.25) is 9.80 Å². The summed E-state index contributed by atoms with van der Waals surface area (Å²) in [6.45, 7) is 7.35. The van der Waals surface area contributed by atoms with Crippen LogP contribution < -0.4 is 19.3 Å². The van der Waals surface area contributed by atoms with E-state index in [1.54, 1.807) is 30.1 Å². The molecule has 0 unspecified atom stereocenters. The number of urea groups is 1. The number of benzene rings is 1. The van der Waals surface area contributed by atoms with Crippen LogP contribution in [0.15, 0.2) is 29.6 Å². The molecule has 3 heterocycles. The lowest BCUT2D eigenvalue weighted by atomic mass is 9.60. The smallest absolute Gasteiger partial charge is 0.410 e. The average molecular weight is 556 g/mol. The van der Waals surface area contributed by atoms with E-state index in [-0.39, 0.29) is 23.6 Å². The Kier molecular flexibility index (Phi) is 7.30. The summed E-state index contributed by atoms with van der Waals surface area (Å²) < 4.78 is 16.5. The molecule has 2 fully saturated rings. The molecule has 0 atom stereocenters. The molecule has 11 heteroatoms. The second-order valence-corrected chi connectivity index (χ2v) is 12.3. The number of piperidine rings is 1. The van der Waals surface area contributed by atoms with Crippen LogP contribution in [0.3, 0.4) is 0 Å². The Morgan fingerprint density at radius 3 is 2.28 bits per heavy atom.